The smallest absolute Gasteiger partial charge is 0.229 e. The van der Waals surface area contributed by atoms with Gasteiger partial charge in [0.2, 0.25) is 23.3 Å². The van der Waals surface area contributed by atoms with Gasteiger partial charge in [-0.15, -0.1) is 0 Å². The zero-order valence-corrected chi connectivity index (χ0v) is 20.9. The lowest BCUT2D eigenvalue weighted by Gasteiger charge is -2.13. The molecule has 8 heteroatoms. The quantitative estimate of drug-likeness (QED) is 0.232. The Hall–Kier alpha value is -3.74. The molecule has 0 atom stereocenters. The first-order valence-corrected chi connectivity index (χ1v) is 12.2. The fourth-order valence-electron chi connectivity index (χ4n) is 4.51. The molecule has 180 valence electrons. The molecule has 1 aliphatic carbocycles. The van der Waals surface area contributed by atoms with Gasteiger partial charge in [0.05, 0.1) is 11.1 Å². The van der Waals surface area contributed by atoms with Crippen LogP contribution in [-0.4, -0.2) is 25.5 Å². The zero-order valence-electron chi connectivity index (χ0n) is 19.3. The Labute approximate surface area is 216 Å². The summed E-state index contributed by atoms with van der Waals surface area (Å²) in [6.07, 6.45) is 0.516. The lowest BCUT2D eigenvalue weighted by molar-refractivity contribution is 0.0913. The third-order valence-corrected chi connectivity index (χ3v) is 7.05. The van der Waals surface area contributed by atoms with Gasteiger partial charge in [0.15, 0.2) is 5.76 Å². The van der Waals surface area contributed by atoms with Crippen molar-refractivity contribution in [2.24, 2.45) is 5.92 Å². The molecule has 3 heterocycles. The second-order valence-electron chi connectivity index (χ2n) is 9.14. The van der Waals surface area contributed by atoms with Crippen LogP contribution in [0.4, 0.5) is 0 Å². The number of pyridine rings is 1. The van der Waals surface area contributed by atoms with Gasteiger partial charge in [0.1, 0.15) is 5.69 Å². The van der Waals surface area contributed by atoms with Crippen molar-refractivity contribution in [3.8, 4) is 39.8 Å². The van der Waals surface area contributed by atoms with E-state index in [1.165, 1.54) is 4.57 Å². The monoisotopic (exact) mass is 518 g/mol. The topological polar surface area (TPSA) is 88.5 Å². The van der Waals surface area contributed by atoms with Crippen LogP contribution in [0.5, 0.6) is 11.8 Å². The molecule has 0 aliphatic heterocycles. The normalized spacial score (nSPS) is 12.4. The number of carbonyl (C=O) groups is 1. The maximum Gasteiger partial charge on any atom is 0.229 e. The van der Waals surface area contributed by atoms with Crippen LogP contribution < -0.4 is 0 Å². The summed E-state index contributed by atoms with van der Waals surface area (Å²) >= 11 is 12.7. The van der Waals surface area contributed by atoms with E-state index in [9.17, 15) is 15.0 Å². The third kappa shape index (κ3) is 3.40. The van der Waals surface area contributed by atoms with E-state index in [-0.39, 0.29) is 40.6 Å². The Morgan fingerprint density at radius 3 is 2.31 bits per heavy atom. The zero-order chi connectivity index (χ0) is 25.3. The molecule has 0 unspecified atom stereocenters. The fraction of sp³-hybridized carbons (Fsp3) is 0.143. The van der Waals surface area contributed by atoms with Crippen LogP contribution >= 0.6 is 23.2 Å². The molecule has 0 fully saturated rings. The number of ketones is 1. The molecule has 0 spiro atoms. The van der Waals surface area contributed by atoms with Gasteiger partial charge in [-0.2, -0.15) is 0 Å². The van der Waals surface area contributed by atoms with Crippen LogP contribution in [0.3, 0.4) is 0 Å². The Kier molecular flexibility index (Phi) is 5.14. The highest BCUT2D eigenvalue weighted by Crippen LogP contribution is 2.50. The molecule has 2 aromatic carbocycles. The second-order valence-corrected chi connectivity index (χ2v) is 9.98. The average Bonchev–Trinajstić information content (AvgIpc) is 3.53. The van der Waals surface area contributed by atoms with Crippen molar-refractivity contribution in [2.45, 2.75) is 20.3 Å². The van der Waals surface area contributed by atoms with E-state index >= 15 is 0 Å². The molecule has 5 aromatic rings. The summed E-state index contributed by atoms with van der Waals surface area (Å²) in [5, 5.41) is 23.2. The summed E-state index contributed by atoms with van der Waals surface area (Å²) < 4.78 is 7.34. The number of hydrogen-bond donors (Lipinski definition) is 2. The first-order valence-electron chi connectivity index (χ1n) is 11.4. The minimum atomic E-state index is -0.384. The lowest BCUT2D eigenvalue weighted by Crippen LogP contribution is -2.10. The maximum atomic E-state index is 13.2. The number of aromatic hydroxyl groups is 2. The minimum Gasteiger partial charge on any atom is -0.494 e. The van der Waals surface area contributed by atoms with Crippen LogP contribution in [0.2, 0.25) is 10.0 Å². The summed E-state index contributed by atoms with van der Waals surface area (Å²) in [5.41, 5.74) is 4.57. The maximum absolute atomic E-state index is 13.2. The van der Waals surface area contributed by atoms with E-state index in [0.717, 1.165) is 11.1 Å². The van der Waals surface area contributed by atoms with Crippen LogP contribution in [0, 0.1) is 5.92 Å². The Morgan fingerprint density at radius 1 is 1.00 bits per heavy atom. The first-order chi connectivity index (χ1) is 17.3. The van der Waals surface area contributed by atoms with Gasteiger partial charge in [0, 0.05) is 44.6 Å². The molecule has 0 amide bonds. The van der Waals surface area contributed by atoms with E-state index in [0.29, 0.717) is 44.2 Å². The fourth-order valence-corrected chi connectivity index (χ4v) is 4.86. The van der Waals surface area contributed by atoms with E-state index < -0.39 is 0 Å². The van der Waals surface area contributed by atoms with Gasteiger partial charge in [-0.1, -0.05) is 67.4 Å². The van der Waals surface area contributed by atoms with Gasteiger partial charge < -0.3 is 14.6 Å². The molecule has 36 heavy (non-hydrogen) atoms. The highest BCUT2D eigenvalue weighted by molar-refractivity contribution is 6.33. The van der Waals surface area contributed by atoms with Crippen LogP contribution in [-0.2, 0) is 6.42 Å². The number of fused-ring (bicyclic) bond motifs is 2. The molecule has 0 bridgehead atoms. The molecule has 0 radical (unpaired) electrons. The van der Waals surface area contributed by atoms with Crippen molar-refractivity contribution in [2.75, 3.05) is 0 Å². The molecule has 3 aromatic heterocycles. The number of furan rings is 1. The number of carbonyl (C=O) groups excluding carboxylic acids is 1. The number of nitrogens with zero attached hydrogens (tertiary/aromatic N) is 2. The Morgan fingerprint density at radius 2 is 1.67 bits per heavy atom. The summed E-state index contributed by atoms with van der Waals surface area (Å²) in [4.78, 5) is 18.0. The van der Waals surface area contributed by atoms with E-state index in [1.54, 1.807) is 32.0 Å². The SMILES string of the molecule is CC(C)C(=O)c1oc2nc(-c3ccccc3Cl)c(-c3ccc(Cl)cc3)cc2c1-n1c(O)c2c(c1O)C2. The van der Waals surface area contributed by atoms with Gasteiger partial charge in [-0.25, -0.2) is 9.55 Å². The first kappa shape index (κ1) is 22.7. The molecule has 1 aliphatic rings. The van der Waals surface area contributed by atoms with E-state index in [4.69, 9.17) is 32.6 Å². The third-order valence-electron chi connectivity index (χ3n) is 6.47. The minimum absolute atomic E-state index is 0.0199. The largest absolute Gasteiger partial charge is 0.494 e. The predicted molar refractivity (Wildman–Crippen MR) is 140 cm³/mol. The van der Waals surface area contributed by atoms with Crippen molar-refractivity contribution in [1.82, 2.24) is 9.55 Å². The highest BCUT2D eigenvalue weighted by Gasteiger charge is 2.37. The standard InChI is InChI=1S/C28H20Cl2N2O4/c1-13(2)24(33)25-23(32-27(34)18-12-19(18)28(32)35)20-11-17(14-7-9-15(29)10-8-14)22(31-26(20)36-25)16-5-3-4-6-21(16)30/h3-11,13,34-35H,12H2,1-2H3. The molecule has 0 saturated carbocycles. The predicted octanol–water partition coefficient (Wildman–Crippen LogP) is 7.41. The number of Topliss-reactive ketones (excluding diaryl/α,β-unsaturated/α-hetero) is 1. The van der Waals surface area contributed by atoms with Gasteiger partial charge in [-0.3, -0.25) is 4.79 Å². The number of rotatable bonds is 5. The average molecular weight is 519 g/mol. The van der Waals surface area contributed by atoms with Crippen molar-refractivity contribution in [3.63, 3.8) is 0 Å². The summed E-state index contributed by atoms with van der Waals surface area (Å²) in [6, 6.07) is 16.5. The van der Waals surface area contributed by atoms with Gasteiger partial charge in [0.25, 0.3) is 0 Å². The number of hydrogen-bond acceptors (Lipinski definition) is 5. The molecule has 6 nitrogen and oxygen atoms in total. The van der Waals surface area contributed by atoms with Gasteiger partial charge >= 0.3 is 0 Å². The number of benzene rings is 2. The van der Waals surface area contributed by atoms with E-state index in [1.807, 2.05) is 36.4 Å². The number of halogens is 2. The summed E-state index contributed by atoms with van der Waals surface area (Å²) in [7, 11) is 0. The van der Waals surface area contributed by atoms with Crippen molar-refractivity contribution >= 4 is 40.1 Å². The molecule has 2 N–H and O–H groups in total. The van der Waals surface area contributed by atoms with Crippen LogP contribution in [0.15, 0.2) is 59.0 Å². The van der Waals surface area contributed by atoms with Gasteiger partial charge in [-0.05, 0) is 29.8 Å². The van der Waals surface area contributed by atoms with E-state index in [2.05, 4.69) is 0 Å². The molecule has 0 saturated heterocycles. The summed E-state index contributed by atoms with van der Waals surface area (Å²) in [6.45, 7) is 3.53. The molecular weight excluding hydrogens is 499 g/mol. The van der Waals surface area contributed by atoms with Crippen molar-refractivity contribution in [1.29, 1.82) is 0 Å². The number of aromatic nitrogens is 2. The molecule has 6 rings (SSSR count). The van der Waals surface area contributed by atoms with Crippen molar-refractivity contribution < 1.29 is 19.4 Å². The lowest BCUT2D eigenvalue weighted by atomic mass is 9.97. The second kappa shape index (κ2) is 8.15. The van der Waals surface area contributed by atoms with Crippen LogP contribution in [0.25, 0.3) is 39.2 Å². The Bertz CT molecular complexity index is 1670. The molecular formula is C28H20Cl2N2O4. The Balaban J connectivity index is 1.72. The van der Waals surface area contributed by atoms with Crippen LogP contribution in [0.1, 0.15) is 35.5 Å². The highest BCUT2D eigenvalue weighted by atomic mass is 35.5. The summed E-state index contributed by atoms with van der Waals surface area (Å²) in [5.74, 6) is -0.847. The van der Waals surface area contributed by atoms with Crippen molar-refractivity contribution in [3.05, 3.63) is 81.5 Å².